The van der Waals surface area contributed by atoms with Crippen molar-refractivity contribution < 1.29 is 14.7 Å². The van der Waals surface area contributed by atoms with Crippen molar-refractivity contribution in [2.75, 3.05) is 26.2 Å². The molecule has 0 radical (unpaired) electrons. The number of fused-ring (bicyclic) bond motifs is 1. The minimum atomic E-state index is -0.434. The summed E-state index contributed by atoms with van der Waals surface area (Å²) in [6, 6.07) is 10.7. The SMILES string of the molecule is CC.CCCN=C(N)N.O=C(NCC(=O)N1CCCC1)c1ccc2ccccc2c1O. The fraction of sp³-hybridized carbons (Fsp3) is 0.435. The number of nitrogens with zero attached hydrogens (tertiary/aromatic N) is 2. The number of aliphatic imine (C=N–C) groups is 1. The number of aromatic hydroxyl groups is 1. The number of carbonyl (C=O) groups excluding carboxylic acids is 2. The molecule has 170 valence electrons. The number of phenolic OH excluding ortho intramolecular Hbond substituents is 1. The minimum absolute atomic E-state index is 0.0366. The molecule has 1 saturated heterocycles. The fourth-order valence-corrected chi connectivity index (χ4v) is 3.01. The molecule has 0 atom stereocenters. The molecule has 0 aromatic heterocycles. The molecular weight excluding hydrogens is 394 g/mol. The number of rotatable bonds is 5. The average molecular weight is 430 g/mol. The zero-order valence-corrected chi connectivity index (χ0v) is 18.7. The van der Waals surface area contributed by atoms with Gasteiger partial charge in [-0.1, -0.05) is 51.1 Å². The highest BCUT2D eigenvalue weighted by atomic mass is 16.3. The fourth-order valence-electron chi connectivity index (χ4n) is 3.01. The highest BCUT2D eigenvalue weighted by molar-refractivity contribution is 6.04. The van der Waals surface area contributed by atoms with E-state index in [-0.39, 0.29) is 29.7 Å². The van der Waals surface area contributed by atoms with E-state index < -0.39 is 5.91 Å². The lowest BCUT2D eigenvalue weighted by molar-refractivity contribution is -0.129. The Kier molecular flexibility index (Phi) is 11.5. The molecule has 2 aromatic carbocycles. The number of nitrogens with one attached hydrogen (secondary N) is 1. The van der Waals surface area contributed by atoms with E-state index in [1.807, 2.05) is 32.9 Å². The Hall–Kier alpha value is -3.29. The summed E-state index contributed by atoms with van der Waals surface area (Å²) in [5.74, 6) is -0.381. The second-order valence-electron chi connectivity index (χ2n) is 6.76. The van der Waals surface area contributed by atoms with Crippen LogP contribution < -0.4 is 16.8 Å². The molecule has 1 fully saturated rings. The highest BCUT2D eigenvalue weighted by Gasteiger charge is 2.19. The summed E-state index contributed by atoms with van der Waals surface area (Å²) < 4.78 is 0. The summed E-state index contributed by atoms with van der Waals surface area (Å²) in [6.07, 6.45) is 3.04. The van der Waals surface area contributed by atoms with Crippen molar-refractivity contribution in [2.24, 2.45) is 16.5 Å². The van der Waals surface area contributed by atoms with Crippen molar-refractivity contribution in [1.29, 1.82) is 0 Å². The summed E-state index contributed by atoms with van der Waals surface area (Å²) in [4.78, 5) is 29.6. The van der Waals surface area contributed by atoms with Gasteiger partial charge in [-0.15, -0.1) is 0 Å². The summed E-state index contributed by atoms with van der Waals surface area (Å²) in [5.41, 5.74) is 10.2. The predicted molar refractivity (Wildman–Crippen MR) is 126 cm³/mol. The molecule has 0 bridgehead atoms. The molecule has 1 aliphatic rings. The molecule has 2 amide bonds. The molecule has 0 saturated carbocycles. The Labute approximate surface area is 184 Å². The molecule has 0 spiro atoms. The van der Waals surface area contributed by atoms with Gasteiger partial charge in [0.25, 0.3) is 5.91 Å². The number of carbonyl (C=O) groups is 2. The van der Waals surface area contributed by atoms with Crippen molar-refractivity contribution >= 4 is 28.5 Å². The van der Waals surface area contributed by atoms with Crippen LogP contribution in [0.15, 0.2) is 41.4 Å². The van der Waals surface area contributed by atoms with Crippen LogP contribution in [0.25, 0.3) is 10.8 Å². The molecule has 0 aliphatic carbocycles. The first kappa shape index (κ1) is 25.7. The van der Waals surface area contributed by atoms with E-state index in [4.69, 9.17) is 11.5 Å². The van der Waals surface area contributed by atoms with Crippen molar-refractivity contribution in [1.82, 2.24) is 10.2 Å². The molecule has 8 heteroatoms. The zero-order chi connectivity index (χ0) is 23.2. The highest BCUT2D eigenvalue weighted by Crippen LogP contribution is 2.28. The van der Waals surface area contributed by atoms with Gasteiger partial charge in [0.2, 0.25) is 5.91 Å². The van der Waals surface area contributed by atoms with Gasteiger partial charge in [0, 0.05) is 25.0 Å². The van der Waals surface area contributed by atoms with E-state index in [0.29, 0.717) is 5.39 Å². The smallest absolute Gasteiger partial charge is 0.255 e. The maximum absolute atomic E-state index is 12.2. The third-order valence-corrected chi connectivity index (χ3v) is 4.52. The van der Waals surface area contributed by atoms with Crippen LogP contribution in [0, 0.1) is 0 Å². The Bertz CT molecular complexity index is 873. The molecule has 8 nitrogen and oxygen atoms in total. The largest absolute Gasteiger partial charge is 0.506 e. The summed E-state index contributed by atoms with van der Waals surface area (Å²) in [6.45, 7) is 8.24. The van der Waals surface area contributed by atoms with Crippen LogP contribution in [0.4, 0.5) is 0 Å². The van der Waals surface area contributed by atoms with Crippen LogP contribution in [-0.4, -0.2) is 54.0 Å². The Balaban J connectivity index is 0.000000457. The Morgan fingerprint density at radius 1 is 1.10 bits per heavy atom. The quantitative estimate of drug-likeness (QED) is 0.428. The molecular formula is C23H35N5O3. The third-order valence-electron chi connectivity index (χ3n) is 4.52. The Morgan fingerprint density at radius 2 is 1.74 bits per heavy atom. The van der Waals surface area contributed by atoms with Gasteiger partial charge >= 0.3 is 0 Å². The predicted octanol–water partition coefficient (Wildman–Crippen LogP) is 2.59. The van der Waals surface area contributed by atoms with Crippen molar-refractivity contribution in [3.63, 3.8) is 0 Å². The average Bonchev–Trinajstić information content (AvgIpc) is 3.33. The lowest BCUT2D eigenvalue weighted by Gasteiger charge is -2.15. The number of likely N-dealkylation sites (tertiary alicyclic amines) is 1. The van der Waals surface area contributed by atoms with E-state index >= 15 is 0 Å². The number of nitrogens with two attached hydrogens (primary N) is 2. The molecule has 3 rings (SSSR count). The van der Waals surface area contributed by atoms with Gasteiger partial charge in [0.15, 0.2) is 5.96 Å². The van der Waals surface area contributed by atoms with E-state index in [1.165, 1.54) is 0 Å². The van der Waals surface area contributed by atoms with Crippen LogP contribution in [0.2, 0.25) is 0 Å². The topological polar surface area (TPSA) is 134 Å². The van der Waals surface area contributed by atoms with Gasteiger partial charge in [-0.3, -0.25) is 14.6 Å². The lowest BCUT2D eigenvalue weighted by atomic mass is 10.0. The molecule has 1 heterocycles. The van der Waals surface area contributed by atoms with Gasteiger partial charge in [-0.05, 0) is 30.7 Å². The minimum Gasteiger partial charge on any atom is -0.506 e. The second-order valence-corrected chi connectivity index (χ2v) is 6.76. The number of amides is 2. The molecule has 1 aliphatic heterocycles. The van der Waals surface area contributed by atoms with Gasteiger partial charge in [0.1, 0.15) is 5.75 Å². The van der Waals surface area contributed by atoms with Gasteiger partial charge in [0.05, 0.1) is 12.1 Å². The zero-order valence-electron chi connectivity index (χ0n) is 18.7. The summed E-state index contributed by atoms with van der Waals surface area (Å²) in [7, 11) is 0. The van der Waals surface area contributed by atoms with Gasteiger partial charge in [-0.25, -0.2) is 0 Å². The number of phenols is 1. The van der Waals surface area contributed by atoms with Crippen LogP contribution >= 0.6 is 0 Å². The van der Waals surface area contributed by atoms with E-state index in [0.717, 1.165) is 44.3 Å². The van der Waals surface area contributed by atoms with Crippen LogP contribution in [-0.2, 0) is 4.79 Å². The monoisotopic (exact) mass is 429 g/mol. The van der Waals surface area contributed by atoms with Crippen LogP contribution in [0.5, 0.6) is 5.75 Å². The number of hydrogen-bond donors (Lipinski definition) is 4. The standard InChI is InChI=1S/C17H18N2O3.C4H11N3.C2H6/c20-15(19-9-3-4-10-19)11-18-17(22)14-8-7-12-5-1-2-6-13(12)16(14)21;1-2-3-7-4(5)6;1-2/h1-2,5-8,21H,3-4,9-11H2,(H,18,22);2-3H2,1H3,(H4,5,6,7);1-2H3. The number of benzene rings is 2. The first-order valence-electron chi connectivity index (χ1n) is 10.8. The number of guanidine groups is 1. The van der Waals surface area contributed by atoms with Crippen molar-refractivity contribution in [3.8, 4) is 5.75 Å². The van der Waals surface area contributed by atoms with Gasteiger partial charge < -0.3 is 26.8 Å². The van der Waals surface area contributed by atoms with E-state index in [1.54, 1.807) is 29.2 Å². The first-order valence-corrected chi connectivity index (χ1v) is 10.8. The van der Waals surface area contributed by atoms with Crippen molar-refractivity contribution in [2.45, 2.75) is 40.0 Å². The molecule has 0 unspecified atom stereocenters. The first-order chi connectivity index (χ1) is 14.9. The molecule has 2 aromatic rings. The normalized spacial score (nSPS) is 12.2. The maximum atomic E-state index is 12.2. The number of hydrogen-bond acceptors (Lipinski definition) is 4. The maximum Gasteiger partial charge on any atom is 0.255 e. The van der Waals surface area contributed by atoms with E-state index in [2.05, 4.69) is 10.3 Å². The Morgan fingerprint density at radius 3 is 2.32 bits per heavy atom. The second kappa shape index (κ2) is 13.8. The molecule has 6 N–H and O–H groups in total. The van der Waals surface area contributed by atoms with E-state index in [9.17, 15) is 14.7 Å². The van der Waals surface area contributed by atoms with Crippen LogP contribution in [0.1, 0.15) is 50.4 Å². The third kappa shape index (κ3) is 8.16. The van der Waals surface area contributed by atoms with Crippen LogP contribution in [0.3, 0.4) is 0 Å². The van der Waals surface area contributed by atoms with Crippen molar-refractivity contribution in [3.05, 3.63) is 42.0 Å². The molecule has 31 heavy (non-hydrogen) atoms. The van der Waals surface area contributed by atoms with Gasteiger partial charge in [-0.2, -0.15) is 0 Å². The lowest BCUT2D eigenvalue weighted by Crippen LogP contribution is -2.38. The summed E-state index contributed by atoms with van der Waals surface area (Å²) >= 11 is 0. The summed E-state index contributed by atoms with van der Waals surface area (Å²) in [5, 5.41) is 14.3.